The molecule has 0 atom stereocenters. The molecule has 1 saturated heterocycles. The van der Waals surface area contributed by atoms with E-state index >= 15 is 0 Å². The highest BCUT2D eigenvalue weighted by Gasteiger charge is 2.18. The first-order valence-corrected chi connectivity index (χ1v) is 7.77. The van der Waals surface area contributed by atoms with Gasteiger partial charge in [-0.15, -0.1) is 0 Å². The van der Waals surface area contributed by atoms with Crippen molar-refractivity contribution in [3.63, 3.8) is 0 Å². The molecular formula is C14H23N5S. The Morgan fingerprint density at radius 3 is 2.70 bits per heavy atom. The first-order chi connectivity index (χ1) is 9.56. The number of nitrogens with zero attached hydrogens (tertiary/aromatic N) is 4. The van der Waals surface area contributed by atoms with Crippen molar-refractivity contribution < 1.29 is 0 Å². The van der Waals surface area contributed by atoms with Gasteiger partial charge >= 0.3 is 0 Å². The molecule has 0 amide bonds. The highest BCUT2D eigenvalue weighted by Crippen LogP contribution is 2.22. The lowest BCUT2D eigenvalue weighted by atomic mass is 9.94. The standard InChI is InChI=1S/C14H23N5S/c1-10-12-13(18(3)16-10)19(14(20)15-12)9-6-11-4-7-17(2)8-5-11/h11H,4-9H2,1-3H3,(H,15,20). The monoisotopic (exact) mass is 293 g/mol. The van der Waals surface area contributed by atoms with Crippen LogP contribution in [-0.2, 0) is 13.6 Å². The van der Waals surface area contributed by atoms with E-state index in [1.54, 1.807) is 0 Å². The Morgan fingerprint density at radius 1 is 1.30 bits per heavy atom. The molecule has 3 heterocycles. The molecule has 20 heavy (non-hydrogen) atoms. The number of fused-ring (bicyclic) bond motifs is 1. The molecule has 2 aromatic heterocycles. The topological polar surface area (TPSA) is 41.8 Å². The summed E-state index contributed by atoms with van der Waals surface area (Å²) < 4.78 is 4.97. The van der Waals surface area contributed by atoms with Crippen molar-refractivity contribution in [2.45, 2.75) is 32.7 Å². The third kappa shape index (κ3) is 2.42. The first kappa shape index (κ1) is 13.8. The Hall–Kier alpha value is -1.14. The van der Waals surface area contributed by atoms with E-state index in [0.717, 1.165) is 34.1 Å². The fraction of sp³-hybridized carbons (Fsp3) is 0.714. The van der Waals surface area contributed by atoms with Crippen LogP contribution in [0.3, 0.4) is 0 Å². The summed E-state index contributed by atoms with van der Waals surface area (Å²) in [6, 6.07) is 0. The SMILES string of the molecule is Cc1nn(C)c2c1[nH]c(=S)n2CCC1CCN(C)CC1. The number of nitrogens with one attached hydrogen (secondary N) is 1. The van der Waals surface area contributed by atoms with Gasteiger partial charge in [-0.1, -0.05) is 0 Å². The third-order valence-electron chi connectivity index (χ3n) is 4.52. The smallest absolute Gasteiger partial charge is 0.179 e. The minimum Gasteiger partial charge on any atom is -0.328 e. The predicted molar refractivity (Wildman–Crippen MR) is 83.5 cm³/mol. The lowest BCUT2D eigenvalue weighted by Crippen LogP contribution is -2.30. The van der Waals surface area contributed by atoms with E-state index < -0.39 is 0 Å². The van der Waals surface area contributed by atoms with Gasteiger partial charge in [0.1, 0.15) is 5.52 Å². The molecule has 0 aliphatic carbocycles. The van der Waals surface area contributed by atoms with Crippen LogP contribution in [0.25, 0.3) is 11.2 Å². The summed E-state index contributed by atoms with van der Waals surface area (Å²) in [5.74, 6) is 0.826. The minimum absolute atomic E-state index is 0.823. The third-order valence-corrected chi connectivity index (χ3v) is 4.85. The van der Waals surface area contributed by atoms with Crippen LogP contribution in [0.15, 0.2) is 0 Å². The van der Waals surface area contributed by atoms with Crippen LogP contribution >= 0.6 is 12.2 Å². The van der Waals surface area contributed by atoms with Gasteiger partial charge in [-0.25, -0.2) is 0 Å². The minimum atomic E-state index is 0.823. The molecule has 1 N–H and O–H groups in total. The number of imidazole rings is 1. The van der Waals surface area contributed by atoms with E-state index in [0.29, 0.717) is 0 Å². The average Bonchev–Trinajstić information content (AvgIpc) is 2.88. The van der Waals surface area contributed by atoms with Crippen LogP contribution in [0.1, 0.15) is 25.0 Å². The van der Waals surface area contributed by atoms with Crippen LogP contribution < -0.4 is 0 Å². The van der Waals surface area contributed by atoms with Gasteiger partial charge < -0.3 is 14.5 Å². The second-order valence-corrected chi connectivity index (χ2v) is 6.41. The Labute approximate surface area is 124 Å². The van der Waals surface area contributed by atoms with E-state index in [4.69, 9.17) is 12.2 Å². The number of piperidine rings is 1. The molecule has 0 spiro atoms. The molecule has 0 radical (unpaired) electrons. The van der Waals surface area contributed by atoms with Gasteiger partial charge in [-0.05, 0) is 64.5 Å². The van der Waals surface area contributed by atoms with Crippen LogP contribution in [-0.4, -0.2) is 44.4 Å². The lowest BCUT2D eigenvalue weighted by molar-refractivity contribution is 0.208. The molecule has 2 aromatic rings. The average molecular weight is 293 g/mol. The van der Waals surface area contributed by atoms with Gasteiger partial charge in [0.05, 0.1) is 5.69 Å². The lowest BCUT2D eigenvalue weighted by Gasteiger charge is -2.28. The molecule has 0 aromatic carbocycles. The summed E-state index contributed by atoms with van der Waals surface area (Å²) in [6.07, 6.45) is 3.82. The van der Waals surface area contributed by atoms with Crippen LogP contribution in [0, 0.1) is 17.6 Å². The Morgan fingerprint density at radius 2 is 2.00 bits per heavy atom. The van der Waals surface area contributed by atoms with Crippen LogP contribution in [0.4, 0.5) is 0 Å². The number of hydrogen-bond acceptors (Lipinski definition) is 3. The largest absolute Gasteiger partial charge is 0.328 e. The highest BCUT2D eigenvalue weighted by atomic mass is 32.1. The number of aromatic amines is 1. The number of likely N-dealkylation sites (tertiary alicyclic amines) is 1. The highest BCUT2D eigenvalue weighted by molar-refractivity contribution is 7.71. The van der Waals surface area contributed by atoms with Gasteiger partial charge in [0, 0.05) is 13.6 Å². The molecule has 0 bridgehead atoms. The fourth-order valence-electron chi connectivity index (χ4n) is 3.24. The fourth-order valence-corrected chi connectivity index (χ4v) is 3.52. The molecule has 3 rings (SSSR count). The summed E-state index contributed by atoms with van der Waals surface area (Å²) in [7, 11) is 4.20. The van der Waals surface area contributed by atoms with Gasteiger partial charge in [0.15, 0.2) is 10.4 Å². The second-order valence-electron chi connectivity index (χ2n) is 6.02. The van der Waals surface area contributed by atoms with E-state index in [2.05, 4.69) is 26.6 Å². The molecule has 0 unspecified atom stereocenters. The molecule has 1 aliphatic heterocycles. The zero-order chi connectivity index (χ0) is 14.3. The van der Waals surface area contributed by atoms with Gasteiger partial charge in [-0.2, -0.15) is 5.10 Å². The molecule has 5 nitrogen and oxygen atoms in total. The summed E-state index contributed by atoms with van der Waals surface area (Å²) in [4.78, 5) is 5.71. The number of aromatic nitrogens is 4. The van der Waals surface area contributed by atoms with Crippen molar-refractivity contribution in [2.24, 2.45) is 13.0 Å². The van der Waals surface area contributed by atoms with Gasteiger partial charge in [-0.3, -0.25) is 4.68 Å². The Kier molecular flexibility index (Phi) is 3.69. The van der Waals surface area contributed by atoms with Crippen molar-refractivity contribution in [3.05, 3.63) is 10.5 Å². The normalized spacial score (nSPS) is 18.1. The van der Waals surface area contributed by atoms with E-state index in [1.807, 2.05) is 18.7 Å². The van der Waals surface area contributed by atoms with Crippen LogP contribution in [0.5, 0.6) is 0 Å². The molecule has 110 valence electrons. The molecule has 6 heteroatoms. The molecule has 1 aliphatic rings. The summed E-state index contributed by atoms with van der Waals surface area (Å²) in [5, 5.41) is 4.47. The summed E-state index contributed by atoms with van der Waals surface area (Å²) in [6.45, 7) is 5.47. The molecule has 1 fully saturated rings. The molecule has 0 saturated carbocycles. The Balaban J connectivity index is 1.77. The van der Waals surface area contributed by atoms with Crippen molar-refractivity contribution >= 4 is 23.4 Å². The van der Waals surface area contributed by atoms with Crippen molar-refractivity contribution in [3.8, 4) is 0 Å². The van der Waals surface area contributed by atoms with Crippen molar-refractivity contribution in [1.82, 2.24) is 24.2 Å². The zero-order valence-electron chi connectivity index (χ0n) is 12.5. The maximum atomic E-state index is 5.47. The maximum Gasteiger partial charge on any atom is 0.179 e. The predicted octanol–water partition coefficient (Wildman–Crippen LogP) is 2.47. The number of H-pyrrole nitrogens is 1. The summed E-state index contributed by atoms with van der Waals surface area (Å²) in [5.41, 5.74) is 3.23. The van der Waals surface area contributed by atoms with Crippen molar-refractivity contribution in [1.29, 1.82) is 0 Å². The van der Waals surface area contributed by atoms with E-state index in [9.17, 15) is 0 Å². The van der Waals surface area contributed by atoms with Gasteiger partial charge in [0.25, 0.3) is 0 Å². The van der Waals surface area contributed by atoms with E-state index in [1.165, 1.54) is 32.4 Å². The molecular weight excluding hydrogens is 270 g/mol. The van der Waals surface area contributed by atoms with E-state index in [-0.39, 0.29) is 0 Å². The maximum absolute atomic E-state index is 5.47. The van der Waals surface area contributed by atoms with Crippen LogP contribution in [0.2, 0.25) is 0 Å². The zero-order valence-corrected chi connectivity index (χ0v) is 13.3. The second kappa shape index (κ2) is 5.33. The number of hydrogen-bond donors (Lipinski definition) is 1. The number of rotatable bonds is 3. The first-order valence-electron chi connectivity index (χ1n) is 7.37. The van der Waals surface area contributed by atoms with Gasteiger partial charge in [0.2, 0.25) is 0 Å². The Bertz CT molecular complexity index is 657. The summed E-state index contributed by atoms with van der Waals surface area (Å²) >= 11 is 5.47. The van der Waals surface area contributed by atoms with Crippen molar-refractivity contribution in [2.75, 3.05) is 20.1 Å². The quantitative estimate of drug-likeness (QED) is 0.884. The number of aryl methyl sites for hydroxylation is 3.